The highest BCUT2D eigenvalue weighted by Gasteiger charge is 2.32. The highest BCUT2D eigenvalue weighted by Crippen LogP contribution is 2.41. The van der Waals surface area contributed by atoms with Gasteiger partial charge in [0.25, 0.3) is 5.91 Å². The Kier molecular flexibility index (Phi) is 4.94. The number of nitrogens with one attached hydrogen (secondary N) is 1. The van der Waals surface area contributed by atoms with Crippen LogP contribution in [0.1, 0.15) is 41.3 Å². The Morgan fingerprint density at radius 3 is 2.85 bits per heavy atom. The van der Waals surface area contributed by atoms with Crippen molar-refractivity contribution in [2.45, 2.75) is 39.7 Å². The maximum absolute atomic E-state index is 12.0. The highest BCUT2D eigenvalue weighted by molar-refractivity contribution is 5.95. The van der Waals surface area contributed by atoms with Crippen LogP contribution < -0.4 is 14.8 Å². The predicted octanol–water partition coefficient (Wildman–Crippen LogP) is 3.42. The number of rotatable bonds is 4. The van der Waals surface area contributed by atoms with Crippen molar-refractivity contribution < 1.29 is 18.7 Å². The molecule has 0 fully saturated rings. The van der Waals surface area contributed by atoms with E-state index in [-0.39, 0.29) is 24.7 Å². The van der Waals surface area contributed by atoms with Gasteiger partial charge in [-0.1, -0.05) is 24.0 Å². The Hall–Kier alpha value is -2.87. The average Bonchev–Trinajstić information content (AvgIpc) is 3.07. The summed E-state index contributed by atoms with van der Waals surface area (Å²) in [6, 6.07) is 7.62. The molecule has 0 bridgehead atoms. The molecule has 0 saturated heterocycles. The van der Waals surface area contributed by atoms with Crippen molar-refractivity contribution in [3.05, 3.63) is 46.9 Å². The number of hydrogen-bond acceptors (Lipinski definition) is 4. The molecule has 3 rings (SSSR count). The molecular formula is C21H23NO4. The summed E-state index contributed by atoms with van der Waals surface area (Å²) in [6.07, 6.45) is 0.865. The lowest BCUT2D eigenvalue weighted by Gasteiger charge is -2.17. The van der Waals surface area contributed by atoms with Crippen LogP contribution in [0.4, 0.5) is 0 Å². The van der Waals surface area contributed by atoms with Gasteiger partial charge < -0.3 is 19.2 Å². The van der Waals surface area contributed by atoms with Crippen LogP contribution in [-0.2, 0) is 6.42 Å². The summed E-state index contributed by atoms with van der Waals surface area (Å²) in [7, 11) is 0. The minimum absolute atomic E-state index is 0.189. The summed E-state index contributed by atoms with van der Waals surface area (Å²) in [5, 5.41) is 2.75. The number of hydrogen-bond donors (Lipinski definition) is 1. The molecule has 5 nitrogen and oxygen atoms in total. The monoisotopic (exact) mass is 353 g/mol. The van der Waals surface area contributed by atoms with Crippen molar-refractivity contribution in [3.63, 3.8) is 0 Å². The second-order valence-corrected chi connectivity index (χ2v) is 6.93. The lowest BCUT2D eigenvalue weighted by Crippen LogP contribution is -2.24. The molecule has 2 heterocycles. The zero-order valence-electron chi connectivity index (χ0n) is 15.6. The number of benzene rings is 1. The van der Waals surface area contributed by atoms with Crippen molar-refractivity contribution >= 4 is 5.91 Å². The number of aryl methyl sites for hydroxylation is 2. The molecule has 0 aliphatic carbocycles. The van der Waals surface area contributed by atoms with E-state index in [2.05, 4.69) is 37.1 Å². The van der Waals surface area contributed by atoms with Gasteiger partial charge in [-0.3, -0.25) is 4.79 Å². The second kappa shape index (κ2) is 7.17. The normalized spacial score (nSPS) is 14.0. The summed E-state index contributed by atoms with van der Waals surface area (Å²) in [6.45, 7) is 8.18. The molecule has 0 spiro atoms. The van der Waals surface area contributed by atoms with E-state index in [9.17, 15) is 4.79 Å². The number of furan rings is 1. The van der Waals surface area contributed by atoms with E-state index in [0.29, 0.717) is 22.8 Å². The third-order valence-electron chi connectivity index (χ3n) is 4.10. The van der Waals surface area contributed by atoms with Crippen LogP contribution in [0.25, 0.3) is 0 Å². The van der Waals surface area contributed by atoms with Crippen LogP contribution in [0.3, 0.4) is 0 Å². The minimum Gasteiger partial charge on any atom is -0.483 e. The summed E-state index contributed by atoms with van der Waals surface area (Å²) in [4.78, 5) is 12.0. The quantitative estimate of drug-likeness (QED) is 0.856. The SMILES string of the molecule is Cc1cc(C(=O)NCC#CCOc2cccc3c2OC(C)(C)C3)c(C)o1. The van der Waals surface area contributed by atoms with Crippen LogP contribution in [0.15, 0.2) is 28.7 Å². The Morgan fingerprint density at radius 2 is 2.12 bits per heavy atom. The van der Waals surface area contributed by atoms with Gasteiger partial charge in [0.1, 0.15) is 23.7 Å². The summed E-state index contributed by atoms with van der Waals surface area (Å²) in [5.41, 5.74) is 1.49. The van der Waals surface area contributed by atoms with Crippen LogP contribution in [0.2, 0.25) is 0 Å². The van der Waals surface area contributed by atoms with Gasteiger partial charge in [0, 0.05) is 12.0 Å². The fourth-order valence-electron chi connectivity index (χ4n) is 3.00. The molecule has 0 atom stereocenters. The molecule has 1 N–H and O–H groups in total. The second-order valence-electron chi connectivity index (χ2n) is 6.93. The van der Waals surface area contributed by atoms with Gasteiger partial charge in [-0.2, -0.15) is 0 Å². The Morgan fingerprint density at radius 1 is 1.31 bits per heavy atom. The highest BCUT2D eigenvalue weighted by atomic mass is 16.5. The van der Waals surface area contributed by atoms with E-state index in [4.69, 9.17) is 13.9 Å². The summed E-state index contributed by atoms with van der Waals surface area (Å²) >= 11 is 0. The van der Waals surface area contributed by atoms with Crippen LogP contribution in [-0.4, -0.2) is 24.7 Å². The average molecular weight is 353 g/mol. The third kappa shape index (κ3) is 4.02. The molecular weight excluding hydrogens is 330 g/mol. The van der Waals surface area contributed by atoms with Gasteiger partial charge in [-0.15, -0.1) is 0 Å². The predicted molar refractivity (Wildman–Crippen MR) is 98.6 cm³/mol. The van der Waals surface area contributed by atoms with Crippen molar-refractivity contribution in [1.82, 2.24) is 5.32 Å². The van der Waals surface area contributed by atoms with Gasteiger partial charge in [-0.25, -0.2) is 0 Å². The molecule has 2 aromatic rings. The van der Waals surface area contributed by atoms with E-state index in [1.807, 2.05) is 19.1 Å². The van der Waals surface area contributed by atoms with Gasteiger partial charge in [0.05, 0.1) is 12.1 Å². The Bertz CT molecular complexity index is 883. The van der Waals surface area contributed by atoms with E-state index < -0.39 is 0 Å². The van der Waals surface area contributed by atoms with E-state index in [1.54, 1.807) is 13.0 Å². The van der Waals surface area contributed by atoms with Crippen molar-refractivity contribution in [3.8, 4) is 23.3 Å². The Balaban J connectivity index is 1.49. The first-order valence-corrected chi connectivity index (χ1v) is 8.60. The number of ether oxygens (including phenoxy) is 2. The lowest BCUT2D eigenvalue weighted by atomic mass is 10.0. The van der Waals surface area contributed by atoms with Crippen LogP contribution in [0, 0.1) is 25.7 Å². The molecule has 1 aliphatic heterocycles. The maximum atomic E-state index is 12.0. The van der Waals surface area contributed by atoms with Gasteiger partial charge in [0.2, 0.25) is 0 Å². The third-order valence-corrected chi connectivity index (χ3v) is 4.10. The minimum atomic E-state index is -0.207. The number of amides is 1. The van der Waals surface area contributed by atoms with Crippen LogP contribution >= 0.6 is 0 Å². The lowest BCUT2D eigenvalue weighted by molar-refractivity contribution is 0.0957. The molecule has 0 radical (unpaired) electrons. The number of fused-ring (bicyclic) bond motifs is 1. The van der Waals surface area contributed by atoms with Crippen molar-refractivity contribution in [2.75, 3.05) is 13.2 Å². The van der Waals surface area contributed by atoms with Crippen molar-refractivity contribution in [2.24, 2.45) is 0 Å². The molecule has 26 heavy (non-hydrogen) atoms. The zero-order chi connectivity index (χ0) is 18.7. The summed E-state index contributed by atoms with van der Waals surface area (Å²) < 4.78 is 17.0. The fourth-order valence-corrected chi connectivity index (χ4v) is 3.00. The molecule has 136 valence electrons. The summed E-state index contributed by atoms with van der Waals surface area (Å²) in [5.74, 6) is 8.44. The number of carbonyl (C=O) groups is 1. The molecule has 0 unspecified atom stereocenters. The van der Waals surface area contributed by atoms with Gasteiger partial charge in [-0.05, 0) is 39.8 Å². The van der Waals surface area contributed by atoms with E-state index >= 15 is 0 Å². The smallest absolute Gasteiger partial charge is 0.255 e. The topological polar surface area (TPSA) is 60.7 Å². The first-order valence-electron chi connectivity index (χ1n) is 8.60. The molecule has 5 heteroatoms. The van der Waals surface area contributed by atoms with Crippen molar-refractivity contribution in [1.29, 1.82) is 0 Å². The molecule has 1 aliphatic rings. The van der Waals surface area contributed by atoms with Gasteiger partial charge in [0.15, 0.2) is 11.5 Å². The van der Waals surface area contributed by atoms with Gasteiger partial charge >= 0.3 is 0 Å². The molecule has 1 aromatic heterocycles. The van der Waals surface area contributed by atoms with E-state index in [1.165, 1.54) is 0 Å². The van der Waals surface area contributed by atoms with E-state index in [0.717, 1.165) is 17.7 Å². The molecule has 0 saturated carbocycles. The first-order chi connectivity index (χ1) is 12.4. The fraction of sp³-hybridized carbons (Fsp3) is 0.381. The Labute approximate surface area is 153 Å². The molecule has 1 amide bonds. The number of para-hydroxylation sites is 1. The molecule has 1 aromatic carbocycles. The zero-order valence-corrected chi connectivity index (χ0v) is 15.6. The maximum Gasteiger partial charge on any atom is 0.255 e. The largest absolute Gasteiger partial charge is 0.483 e. The van der Waals surface area contributed by atoms with Crippen LogP contribution in [0.5, 0.6) is 11.5 Å². The first kappa shape index (κ1) is 17.9. The number of carbonyl (C=O) groups excluding carboxylic acids is 1. The standard InChI is InChI=1S/C21H23NO4/c1-14-12-17(15(2)25-14)20(23)22-10-5-6-11-24-18-9-7-8-16-13-21(3,4)26-19(16)18/h7-9,12H,10-11,13H2,1-4H3,(H,22,23).